The number of nitrogens with two attached hydrogens (primary N) is 1. The number of benzene rings is 2. The van der Waals surface area contributed by atoms with Crippen LogP contribution >= 0.6 is 12.4 Å². The number of rotatable bonds is 6. The van der Waals surface area contributed by atoms with Crippen LogP contribution in [0.3, 0.4) is 0 Å². The second-order valence-electron chi connectivity index (χ2n) is 4.74. The van der Waals surface area contributed by atoms with Crippen molar-refractivity contribution in [2.45, 2.75) is 32.4 Å². The van der Waals surface area contributed by atoms with Crippen LogP contribution < -0.4 is 10.5 Å². The first kappa shape index (κ1) is 16.5. The second-order valence-corrected chi connectivity index (χ2v) is 4.74. The summed E-state index contributed by atoms with van der Waals surface area (Å²) in [5.74, 6) is 0.882. The average Bonchev–Trinajstić information content (AvgIpc) is 2.47. The smallest absolute Gasteiger partial charge is 0.120 e. The predicted molar refractivity (Wildman–Crippen MR) is 86.3 cm³/mol. The van der Waals surface area contributed by atoms with Crippen LogP contribution in [-0.2, 0) is 6.61 Å². The predicted octanol–water partition coefficient (Wildman–Crippen LogP) is 4.49. The van der Waals surface area contributed by atoms with Gasteiger partial charge in [0.15, 0.2) is 0 Å². The SMILES string of the molecule is CCC[C@H](N)c1cccc(OCc2ccccc2)c1.Cl. The van der Waals surface area contributed by atoms with Crippen LogP contribution in [0.25, 0.3) is 0 Å². The molecule has 0 radical (unpaired) electrons. The Morgan fingerprint density at radius 2 is 1.80 bits per heavy atom. The highest BCUT2D eigenvalue weighted by Gasteiger charge is 2.05. The lowest BCUT2D eigenvalue weighted by Gasteiger charge is -2.13. The molecule has 1 atom stereocenters. The van der Waals surface area contributed by atoms with Crippen molar-refractivity contribution in [3.8, 4) is 5.75 Å². The van der Waals surface area contributed by atoms with Crippen molar-refractivity contribution in [1.82, 2.24) is 0 Å². The molecule has 0 spiro atoms. The Labute approximate surface area is 127 Å². The lowest BCUT2D eigenvalue weighted by molar-refractivity contribution is 0.305. The molecule has 2 aromatic carbocycles. The molecule has 0 unspecified atom stereocenters. The normalized spacial score (nSPS) is 11.5. The first-order valence-corrected chi connectivity index (χ1v) is 6.82. The summed E-state index contributed by atoms with van der Waals surface area (Å²) in [5.41, 5.74) is 8.44. The quantitative estimate of drug-likeness (QED) is 0.851. The molecule has 3 heteroatoms. The van der Waals surface area contributed by atoms with E-state index in [0.29, 0.717) is 6.61 Å². The van der Waals surface area contributed by atoms with Gasteiger partial charge in [0.05, 0.1) is 0 Å². The molecule has 2 N–H and O–H groups in total. The van der Waals surface area contributed by atoms with Crippen molar-refractivity contribution in [3.05, 3.63) is 65.7 Å². The van der Waals surface area contributed by atoms with E-state index in [1.807, 2.05) is 36.4 Å². The van der Waals surface area contributed by atoms with E-state index in [1.165, 1.54) is 5.56 Å². The fraction of sp³-hybridized carbons (Fsp3) is 0.294. The molecule has 0 saturated heterocycles. The Balaban J connectivity index is 0.00000200. The van der Waals surface area contributed by atoms with Gasteiger partial charge < -0.3 is 10.5 Å². The Bertz CT molecular complexity index is 501. The molecule has 0 fully saturated rings. The van der Waals surface area contributed by atoms with Crippen molar-refractivity contribution in [1.29, 1.82) is 0 Å². The summed E-state index contributed by atoms with van der Waals surface area (Å²) in [6.45, 7) is 2.74. The van der Waals surface area contributed by atoms with E-state index >= 15 is 0 Å². The fourth-order valence-corrected chi connectivity index (χ4v) is 2.05. The number of ether oxygens (including phenoxy) is 1. The molecular formula is C17H22ClNO. The Hall–Kier alpha value is -1.51. The lowest BCUT2D eigenvalue weighted by Crippen LogP contribution is -2.09. The molecule has 0 heterocycles. The van der Waals surface area contributed by atoms with Gasteiger partial charge in [0, 0.05) is 6.04 Å². The topological polar surface area (TPSA) is 35.2 Å². The van der Waals surface area contributed by atoms with E-state index in [-0.39, 0.29) is 18.4 Å². The maximum atomic E-state index is 6.13. The monoisotopic (exact) mass is 291 g/mol. The molecule has 2 nitrogen and oxygen atoms in total. The summed E-state index contributed by atoms with van der Waals surface area (Å²) >= 11 is 0. The summed E-state index contributed by atoms with van der Waals surface area (Å²) in [6.07, 6.45) is 2.10. The molecular weight excluding hydrogens is 270 g/mol. The highest BCUT2D eigenvalue weighted by Crippen LogP contribution is 2.21. The molecule has 0 aliphatic carbocycles. The van der Waals surface area contributed by atoms with E-state index in [2.05, 4.69) is 25.1 Å². The summed E-state index contributed by atoms with van der Waals surface area (Å²) in [5, 5.41) is 0. The molecule has 108 valence electrons. The first-order chi connectivity index (χ1) is 9.29. The van der Waals surface area contributed by atoms with E-state index in [4.69, 9.17) is 10.5 Å². The standard InChI is InChI=1S/C17H21NO.ClH/c1-2-7-17(18)15-10-6-11-16(12-15)19-13-14-8-4-3-5-9-14;/h3-6,8-12,17H,2,7,13,18H2,1H3;1H/t17-;/m0./s1. The second kappa shape index (κ2) is 8.62. The van der Waals surface area contributed by atoms with Crippen molar-refractivity contribution in [3.63, 3.8) is 0 Å². The van der Waals surface area contributed by atoms with Gasteiger partial charge in [0.2, 0.25) is 0 Å². The maximum absolute atomic E-state index is 6.13. The summed E-state index contributed by atoms with van der Waals surface area (Å²) < 4.78 is 5.81. The third-order valence-corrected chi connectivity index (χ3v) is 3.13. The van der Waals surface area contributed by atoms with Crippen molar-refractivity contribution < 1.29 is 4.74 Å². The van der Waals surface area contributed by atoms with Gasteiger partial charge in [-0.15, -0.1) is 12.4 Å². The summed E-state index contributed by atoms with van der Waals surface area (Å²) in [4.78, 5) is 0. The van der Waals surface area contributed by atoms with Crippen LogP contribution in [0, 0.1) is 0 Å². The van der Waals surface area contributed by atoms with Crippen LogP contribution in [-0.4, -0.2) is 0 Å². The molecule has 2 aromatic rings. The molecule has 0 saturated carbocycles. The van der Waals surface area contributed by atoms with Gasteiger partial charge in [-0.1, -0.05) is 55.8 Å². The van der Waals surface area contributed by atoms with E-state index < -0.39 is 0 Å². The third kappa shape index (κ3) is 4.87. The molecule has 0 amide bonds. The number of hydrogen-bond acceptors (Lipinski definition) is 2. The van der Waals surface area contributed by atoms with Gasteiger partial charge in [0.25, 0.3) is 0 Å². The minimum Gasteiger partial charge on any atom is -0.489 e. The van der Waals surface area contributed by atoms with Crippen molar-refractivity contribution in [2.75, 3.05) is 0 Å². The minimum atomic E-state index is 0. The van der Waals surface area contributed by atoms with E-state index in [0.717, 1.165) is 24.2 Å². The van der Waals surface area contributed by atoms with Crippen LogP contribution in [0.1, 0.15) is 36.9 Å². The Morgan fingerprint density at radius 1 is 1.05 bits per heavy atom. The zero-order chi connectivity index (χ0) is 13.5. The van der Waals surface area contributed by atoms with Gasteiger partial charge in [-0.3, -0.25) is 0 Å². The number of hydrogen-bond donors (Lipinski definition) is 1. The molecule has 0 aromatic heterocycles. The van der Waals surface area contributed by atoms with Crippen LogP contribution in [0.15, 0.2) is 54.6 Å². The minimum absolute atomic E-state index is 0. The van der Waals surface area contributed by atoms with Gasteiger partial charge >= 0.3 is 0 Å². The first-order valence-electron chi connectivity index (χ1n) is 6.82. The van der Waals surface area contributed by atoms with Gasteiger partial charge in [-0.2, -0.15) is 0 Å². The van der Waals surface area contributed by atoms with Crippen molar-refractivity contribution in [2.24, 2.45) is 5.73 Å². The zero-order valence-corrected chi connectivity index (χ0v) is 12.6. The summed E-state index contributed by atoms with van der Waals surface area (Å²) in [7, 11) is 0. The Morgan fingerprint density at radius 3 is 2.50 bits per heavy atom. The average molecular weight is 292 g/mol. The molecule has 0 aliphatic rings. The fourth-order valence-electron chi connectivity index (χ4n) is 2.05. The van der Waals surface area contributed by atoms with E-state index in [9.17, 15) is 0 Å². The highest BCUT2D eigenvalue weighted by molar-refractivity contribution is 5.85. The maximum Gasteiger partial charge on any atom is 0.120 e. The lowest BCUT2D eigenvalue weighted by atomic mass is 10.0. The zero-order valence-electron chi connectivity index (χ0n) is 11.8. The van der Waals surface area contributed by atoms with Crippen LogP contribution in [0.2, 0.25) is 0 Å². The van der Waals surface area contributed by atoms with Crippen LogP contribution in [0.4, 0.5) is 0 Å². The van der Waals surface area contributed by atoms with Gasteiger partial charge in [0.1, 0.15) is 12.4 Å². The third-order valence-electron chi connectivity index (χ3n) is 3.13. The molecule has 0 aliphatic heterocycles. The summed E-state index contributed by atoms with van der Waals surface area (Å²) in [6, 6.07) is 18.4. The molecule has 20 heavy (non-hydrogen) atoms. The number of halogens is 1. The van der Waals surface area contributed by atoms with Gasteiger partial charge in [-0.25, -0.2) is 0 Å². The van der Waals surface area contributed by atoms with Gasteiger partial charge in [-0.05, 0) is 29.7 Å². The van der Waals surface area contributed by atoms with E-state index in [1.54, 1.807) is 0 Å². The largest absolute Gasteiger partial charge is 0.489 e. The van der Waals surface area contributed by atoms with Crippen molar-refractivity contribution >= 4 is 12.4 Å². The van der Waals surface area contributed by atoms with Crippen LogP contribution in [0.5, 0.6) is 5.75 Å². The molecule has 0 bridgehead atoms. The Kier molecular flexibility index (Phi) is 7.13. The highest BCUT2D eigenvalue weighted by atomic mass is 35.5. The molecule has 2 rings (SSSR count).